The van der Waals surface area contributed by atoms with Gasteiger partial charge in [0.2, 0.25) is 5.91 Å². The lowest BCUT2D eigenvalue weighted by Crippen LogP contribution is -2.37. The van der Waals surface area contributed by atoms with Crippen molar-refractivity contribution in [1.82, 2.24) is 19.8 Å². The molecule has 1 aliphatic heterocycles. The van der Waals surface area contributed by atoms with Crippen molar-refractivity contribution in [3.8, 4) is 0 Å². The number of aryl methyl sites for hydroxylation is 1. The standard InChI is InChI=1S/C21H24N4O3S/c1-16-23-19(15-29-16)9-25-11-20(28-14-18-4-2-3-6-22-18)10-24(12-21(25)26)8-17-5-7-27-13-17/h2-7,13,15,20H,8-12,14H2,1H3. The number of hydrogen-bond acceptors (Lipinski definition) is 7. The fraction of sp³-hybridized carbons (Fsp3) is 0.381. The third-order valence-corrected chi connectivity index (χ3v) is 5.62. The summed E-state index contributed by atoms with van der Waals surface area (Å²) >= 11 is 1.60. The van der Waals surface area contributed by atoms with Gasteiger partial charge in [-0.1, -0.05) is 6.07 Å². The number of pyridine rings is 1. The molecule has 8 heteroatoms. The van der Waals surface area contributed by atoms with Gasteiger partial charge in [0.05, 0.1) is 54.7 Å². The highest BCUT2D eigenvalue weighted by Crippen LogP contribution is 2.17. The summed E-state index contributed by atoms with van der Waals surface area (Å²) < 4.78 is 11.4. The number of nitrogens with zero attached hydrogens (tertiary/aromatic N) is 4. The Morgan fingerprint density at radius 3 is 2.90 bits per heavy atom. The number of furan rings is 1. The monoisotopic (exact) mass is 412 g/mol. The van der Waals surface area contributed by atoms with E-state index in [1.54, 1.807) is 30.1 Å². The van der Waals surface area contributed by atoms with Crippen LogP contribution in [0.1, 0.15) is 22.0 Å². The molecular formula is C21H24N4O3S. The second-order valence-electron chi connectivity index (χ2n) is 7.19. The van der Waals surface area contributed by atoms with Crippen LogP contribution in [0.25, 0.3) is 0 Å². The molecule has 3 aromatic heterocycles. The molecule has 1 amide bonds. The Morgan fingerprint density at radius 2 is 2.17 bits per heavy atom. The van der Waals surface area contributed by atoms with Crippen LogP contribution in [0.15, 0.2) is 52.8 Å². The van der Waals surface area contributed by atoms with Crippen LogP contribution in [-0.2, 0) is 29.2 Å². The van der Waals surface area contributed by atoms with Crippen LogP contribution in [0.4, 0.5) is 0 Å². The Balaban J connectivity index is 1.47. The van der Waals surface area contributed by atoms with Crippen LogP contribution in [-0.4, -0.2) is 51.4 Å². The van der Waals surface area contributed by atoms with Crippen LogP contribution in [0.5, 0.6) is 0 Å². The predicted octanol–water partition coefficient (Wildman–Crippen LogP) is 2.87. The maximum Gasteiger partial charge on any atom is 0.237 e. The molecule has 1 atom stereocenters. The Kier molecular flexibility index (Phi) is 6.33. The number of rotatable bonds is 7. The van der Waals surface area contributed by atoms with Gasteiger partial charge in [-0.15, -0.1) is 11.3 Å². The maximum absolute atomic E-state index is 13.0. The van der Waals surface area contributed by atoms with Crippen LogP contribution in [0, 0.1) is 6.92 Å². The molecule has 0 saturated carbocycles. The number of carbonyl (C=O) groups excluding carboxylic acids is 1. The maximum atomic E-state index is 13.0. The van der Waals surface area contributed by atoms with E-state index in [1.165, 1.54) is 0 Å². The summed E-state index contributed by atoms with van der Waals surface area (Å²) in [5.74, 6) is 0.0862. The lowest BCUT2D eigenvalue weighted by atomic mass is 10.2. The minimum absolute atomic E-state index is 0.0862. The molecule has 7 nitrogen and oxygen atoms in total. The van der Waals surface area contributed by atoms with Gasteiger partial charge in [-0.25, -0.2) is 4.98 Å². The molecular weight excluding hydrogens is 388 g/mol. The Hall–Kier alpha value is -2.55. The minimum Gasteiger partial charge on any atom is -0.472 e. The van der Waals surface area contributed by atoms with Crippen molar-refractivity contribution in [2.45, 2.75) is 32.7 Å². The molecule has 0 N–H and O–H groups in total. The fourth-order valence-electron chi connectivity index (χ4n) is 3.43. The molecule has 0 bridgehead atoms. The van der Waals surface area contributed by atoms with Crippen molar-refractivity contribution in [1.29, 1.82) is 0 Å². The summed E-state index contributed by atoms with van der Waals surface area (Å²) in [5.41, 5.74) is 2.85. The van der Waals surface area contributed by atoms with E-state index in [0.29, 0.717) is 39.3 Å². The summed E-state index contributed by atoms with van der Waals surface area (Å²) in [5, 5.41) is 3.02. The minimum atomic E-state index is -0.116. The van der Waals surface area contributed by atoms with E-state index >= 15 is 0 Å². The van der Waals surface area contributed by atoms with E-state index in [-0.39, 0.29) is 12.0 Å². The molecule has 1 saturated heterocycles. The lowest BCUT2D eigenvalue weighted by Gasteiger charge is -2.24. The number of ether oxygens (including phenoxy) is 1. The average Bonchev–Trinajstić information content (AvgIpc) is 3.34. The summed E-state index contributed by atoms with van der Waals surface area (Å²) in [7, 11) is 0. The van der Waals surface area contributed by atoms with Gasteiger partial charge >= 0.3 is 0 Å². The summed E-state index contributed by atoms with van der Waals surface area (Å²) in [4.78, 5) is 25.8. The van der Waals surface area contributed by atoms with Crippen molar-refractivity contribution in [2.24, 2.45) is 0 Å². The third kappa shape index (κ3) is 5.50. The Labute approximate surface area is 173 Å². The van der Waals surface area contributed by atoms with Gasteiger partial charge in [-0.05, 0) is 25.1 Å². The Bertz CT molecular complexity index is 913. The quantitative estimate of drug-likeness (QED) is 0.594. The van der Waals surface area contributed by atoms with Crippen molar-refractivity contribution < 1.29 is 13.9 Å². The van der Waals surface area contributed by atoms with Crippen LogP contribution >= 0.6 is 11.3 Å². The molecule has 1 fully saturated rings. The fourth-order valence-corrected chi connectivity index (χ4v) is 4.04. The molecule has 152 valence electrons. The first-order valence-electron chi connectivity index (χ1n) is 9.59. The second kappa shape index (κ2) is 9.30. The molecule has 3 aromatic rings. The lowest BCUT2D eigenvalue weighted by molar-refractivity contribution is -0.132. The second-order valence-corrected chi connectivity index (χ2v) is 8.25. The van der Waals surface area contributed by atoms with E-state index in [1.807, 2.05) is 41.5 Å². The van der Waals surface area contributed by atoms with Gasteiger partial charge in [-0.3, -0.25) is 14.7 Å². The van der Waals surface area contributed by atoms with Crippen molar-refractivity contribution in [3.63, 3.8) is 0 Å². The molecule has 1 unspecified atom stereocenters. The van der Waals surface area contributed by atoms with E-state index in [2.05, 4.69) is 14.9 Å². The van der Waals surface area contributed by atoms with Crippen molar-refractivity contribution in [2.75, 3.05) is 19.6 Å². The number of hydrogen-bond donors (Lipinski definition) is 0. The van der Waals surface area contributed by atoms with Gasteiger partial charge < -0.3 is 14.1 Å². The first-order chi connectivity index (χ1) is 14.2. The summed E-state index contributed by atoms with van der Waals surface area (Å²) in [6.45, 7) is 5.09. The zero-order valence-electron chi connectivity index (χ0n) is 16.4. The number of amides is 1. The third-order valence-electron chi connectivity index (χ3n) is 4.80. The summed E-state index contributed by atoms with van der Waals surface area (Å²) in [6.07, 6.45) is 5.02. The highest BCUT2D eigenvalue weighted by atomic mass is 32.1. The van der Waals surface area contributed by atoms with Crippen molar-refractivity contribution >= 4 is 17.2 Å². The highest BCUT2D eigenvalue weighted by molar-refractivity contribution is 7.09. The topological polar surface area (TPSA) is 71.7 Å². The van der Waals surface area contributed by atoms with E-state index in [0.717, 1.165) is 22.0 Å². The largest absolute Gasteiger partial charge is 0.472 e. The molecule has 0 aromatic carbocycles. The van der Waals surface area contributed by atoms with Gasteiger partial charge in [0, 0.05) is 36.8 Å². The predicted molar refractivity (Wildman–Crippen MR) is 109 cm³/mol. The molecule has 1 aliphatic rings. The first kappa shape index (κ1) is 19.8. The highest BCUT2D eigenvalue weighted by Gasteiger charge is 2.29. The van der Waals surface area contributed by atoms with Gasteiger partial charge in [0.1, 0.15) is 0 Å². The zero-order valence-corrected chi connectivity index (χ0v) is 17.2. The molecule has 4 heterocycles. The Morgan fingerprint density at radius 1 is 1.24 bits per heavy atom. The van der Waals surface area contributed by atoms with Gasteiger partial charge in [0.25, 0.3) is 0 Å². The molecule has 29 heavy (non-hydrogen) atoms. The number of carbonyl (C=O) groups is 1. The van der Waals surface area contributed by atoms with E-state index in [9.17, 15) is 4.79 Å². The normalized spacial score (nSPS) is 18.2. The molecule has 0 radical (unpaired) electrons. The van der Waals surface area contributed by atoms with Gasteiger partial charge in [-0.2, -0.15) is 0 Å². The van der Waals surface area contributed by atoms with E-state index in [4.69, 9.17) is 9.15 Å². The van der Waals surface area contributed by atoms with Gasteiger partial charge in [0.15, 0.2) is 0 Å². The molecule has 0 aliphatic carbocycles. The van der Waals surface area contributed by atoms with E-state index < -0.39 is 0 Å². The average molecular weight is 413 g/mol. The number of aromatic nitrogens is 2. The zero-order chi connectivity index (χ0) is 20.1. The van der Waals surface area contributed by atoms with Crippen LogP contribution < -0.4 is 0 Å². The van der Waals surface area contributed by atoms with Crippen LogP contribution in [0.3, 0.4) is 0 Å². The SMILES string of the molecule is Cc1nc(CN2CC(OCc3ccccn3)CN(Cc3ccoc3)CC2=O)cs1. The molecule has 4 rings (SSSR count). The van der Waals surface area contributed by atoms with Crippen molar-refractivity contribution in [3.05, 3.63) is 70.3 Å². The summed E-state index contributed by atoms with van der Waals surface area (Å²) in [6, 6.07) is 7.71. The first-order valence-corrected chi connectivity index (χ1v) is 10.5. The number of thiazole rings is 1. The molecule has 0 spiro atoms. The smallest absolute Gasteiger partial charge is 0.237 e. The van der Waals surface area contributed by atoms with Crippen LogP contribution in [0.2, 0.25) is 0 Å².